The summed E-state index contributed by atoms with van der Waals surface area (Å²) in [5.41, 5.74) is 0. The molecule has 0 fully saturated rings. The molecule has 0 aliphatic carbocycles. The molecule has 0 aromatic heterocycles. The van der Waals surface area contributed by atoms with Crippen LogP contribution in [0.15, 0.2) is 0 Å². The first-order valence-corrected chi connectivity index (χ1v) is 10.4. The van der Waals surface area contributed by atoms with E-state index in [1.165, 1.54) is 44.9 Å². The molecule has 0 aromatic carbocycles. The fourth-order valence-electron chi connectivity index (χ4n) is 2.25. The van der Waals surface area contributed by atoms with Crippen LogP contribution in [0.1, 0.15) is 77.6 Å². The third-order valence-electron chi connectivity index (χ3n) is 3.61. The topological polar surface area (TPSA) is 113 Å². The number of phosphoric acid groups is 1. The van der Waals surface area contributed by atoms with Crippen molar-refractivity contribution in [2.45, 2.75) is 83.7 Å². The molecular weight excluding hydrogens is 335 g/mol. The Kier molecular flexibility index (Phi) is 14.6. The molecule has 0 radical (unpaired) electrons. The lowest BCUT2D eigenvalue weighted by Crippen LogP contribution is -2.23. The van der Waals surface area contributed by atoms with E-state index >= 15 is 0 Å². The van der Waals surface area contributed by atoms with E-state index < -0.39 is 26.5 Å². The average molecular weight is 368 g/mol. The third-order valence-corrected chi connectivity index (χ3v) is 4.09. The largest absolute Gasteiger partial charge is 0.469 e. The zero-order valence-corrected chi connectivity index (χ0v) is 15.6. The molecule has 0 saturated carbocycles. The Hall–Kier alpha value is -0.460. The summed E-state index contributed by atoms with van der Waals surface area (Å²) in [6.07, 6.45) is 10.9. The molecule has 0 rings (SSSR count). The number of aliphatic hydroxyl groups excluding tert-OH is 1. The Morgan fingerprint density at radius 3 is 1.92 bits per heavy atom. The second-order valence-electron chi connectivity index (χ2n) is 6.06. The van der Waals surface area contributed by atoms with Crippen LogP contribution in [-0.4, -0.2) is 40.2 Å². The highest BCUT2D eigenvalue weighted by Gasteiger charge is 2.17. The molecule has 0 aliphatic rings. The number of phosphoric ester groups is 1. The van der Waals surface area contributed by atoms with Gasteiger partial charge in [0.1, 0.15) is 12.7 Å². The maximum atomic E-state index is 11.5. The number of carbonyl (C=O) groups excluding carboxylic acids is 1. The van der Waals surface area contributed by atoms with Crippen molar-refractivity contribution in [2.24, 2.45) is 0 Å². The molecule has 3 N–H and O–H groups in total. The Morgan fingerprint density at radius 1 is 0.917 bits per heavy atom. The Balaban J connectivity index is 3.39. The van der Waals surface area contributed by atoms with Gasteiger partial charge in [0.2, 0.25) is 0 Å². The number of unbranched alkanes of at least 4 members (excludes halogenated alkanes) is 9. The number of carbonyl (C=O) groups is 1. The van der Waals surface area contributed by atoms with E-state index in [2.05, 4.69) is 11.4 Å². The van der Waals surface area contributed by atoms with Crippen LogP contribution in [0.5, 0.6) is 0 Å². The van der Waals surface area contributed by atoms with Crippen molar-refractivity contribution in [3.63, 3.8) is 0 Å². The van der Waals surface area contributed by atoms with E-state index in [9.17, 15) is 14.5 Å². The lowest BCUT2D eigenvalue weighted by molar-refractivity contribution is -0.147. The zero-order valence-electron chi connectivity index (χ0n) is 14.7. The van der Waals surface area contributed by atoms with Gasteiger partial charge in [0.15, 0.2) is 0 Å². The van der Waals surface area contributed by atoms with Crippen LogP contribution < -0.4 is 0 Å². The average Bonchev–Trinajstić information content (AvgIpc) is 2.52. The molecule has 0 amide bonds. The number of esters is 1. The second kappa shape index (κ2) is 14.8. The van der Waals surface area contributed by atoms with Crippen LogP contribution in [0, 0.1) is 0 Å². The van der Waals surface area contributed by atoms with Crippen molar-refractivity contribution in [1.29, 1.82) is 0 Å². The summed E-state index contributed by atoms with van der Waals surface area (Å²) < 4.78 is 19.4. The highest BCUT2D eigenvalue weighted by molar-refractivity contribution is 7.46. The minimum atomic E-state index is -4.61. The number of hydrogen-bond donors (Lipinski definition) is 3. The molecule has 0 spiro atoms. The minimum absolute atomic E-state index is 0.294. The van der Waals surface area contributed by atoms with Gasteiger partial charge in [0, 0.05) is 6.42 Å². The van der Waals surface area contributed by atoms with Crippen molar-refractivity contribution in [3.05, 3.63) is 0 Å². The van der Waals surface area contributed by atoms with Crippen molar-refractivity contribution in [2.75, 3.05) is 13.2 Å². The second-order valence-corrected chi connectivity index (χ2v) is 7.29. The van der Waals surface area contributed by atoms with Crippen molar-refractivity contribution in [1.82, 2.24) is 0 Å². The molecule has 0 aromatic rings. The standard InChI is InChI=1S/C16H33O7P/c1-2-3-4-5-6-7-8-9-10-11-12-16(18)22-13-15(17)14-23-24(19,20)21/h15,17H,2-14H2,1H3,(H2,19,20,21). The van der Waals surface area contributed by atoms with E-state index in [1.807, 2.05) is 0 Å². The number of hydrogen-bond acceptors (Lipinski definition) is 5. The summed E-state index contributed by atoms with van der Waals surface area (Å²) >= 11 is 0. The van der Waals surface area contributed by atoms with Crippen LogP contribution in [0.4, 0.5) is 0 Å². The van der Waals surface area contributed by atoms with Gasteiger partial charge in [0.05, 0.1) is 6.61 Å². The molecule has 24 heavy (non-hydrogen) atoms. The molecule has 1 atom stereocenters. The Bertz CT molecular complexity index is 356. The van der Waals surface area contributed by atoms with Crippen LogP contribution in [0.2, 0.25) is 0 Å². The monoisotopic (exact) mass is 368 g/mol. The normalized spacial score (nSPS) is 13.0. The molecule has 0 aliphatic heterocycles. The first-order valence-electron chi connectivity index (χ1n) is 8.89. The lowest BCUT2D eigenvalue weighted by atomic mass is 10.1. The molecule has 144 valence electrons. The van der Waals surface area contributed by atoms with Crippen LogP contribution in [0.25, 0.3) is 0 Å². The van der Waals surface area contributed by atoms with Gasteiger partial charge in [-0.15, -0.1) is 0 Å². The van der Waals surface area contributed by atoms with Crippen LogP contribution in [0.3, 0.4) is 0 Å². The maximum absolute atomic E-state index is 11.5. The smallest absolute Gasteiger partial charge is 0.463 e. The molecule has 0 saturated heterocycles. The molecule has 7 nitrogen and oxygen atoms in total. The third kappa shape index (κ3) is 17.9. The minimum Gasteiger partial charge on any atom is -0.463 e. The van der Waals surface area contributed by atoms with E-state index in [4.69, 9.17) is 14.5 Å². The van der Waals surface area contributed by atoms with Gasteiger partial charge < -0.3 is 19.6 Å². The quantitative estimate of drug-likeness (QED) is 0.218. The predicted molar refractivity (Wildman–Crippen MR) is 91.4 cm³/mol. The van der Waals surface area contributed by atoms with Gasteiger partial charge in [-0.2, -0.15) is 0 Å². The van der Waals surface area contributed by atoms with Crippen molar-refractivity contribution < 1.29 is 33.5 Å². The maximum Gasteiger partial charge on any atom is 0.469 e. The van der Waals surface area contributed by atoms with Gasteiger partial charge in [-0.1, -0.05) is 64.7 Å². The van der Waals surface area contributed by atoms with Crippen LogP contribution in [-0.2, 0) is 18.6 Å². The van der Waals surface area contributed by atoms with Gasteiger partial charge in [-0.3, -0.25) is 9.32 Å². The molecule has 8 heteroatoms. The highest BCUT2D eigenvalue weighted by atomic mass is 31.2. The van der Waals surface area contributed by atoms with E-state index in [1.54, 1.807) is 0 Å². The molecular formula is C16H33O7P. The summed E-state index contributed by atoms with van der Waals surface area (Å²) in [5, 5.41) is 9.36. The van der Waals surface area contributed by atoms with Gasteiger partial charge in [-0.25, -0.2) is 4.57 Å². The Morgan fingerprint density at radius 2 is 1.42 bits per heavy atom. The highest BCUT2D eigenvalue weighted by Crippen LogP contribution is 2.35. The van der Waals surface area contributed by atoms with Crippen molar-refractivity contribution >= 4 is 13.8 Å². The van der Waals surface area contributed by atoms with Gasteiger partial charge in [0.25, 0.3) is 0 Å². The zero-order chi connectivity index (χ0) is 18.3. The van der Waals surface area contributed by atoms with Gasteiger partial charge in [-0.05, 0) is 6.42 Å². The summed E-state index contributed by atoms with van der Waals surface area (Å²) in [6.45, 7) is 1.31. The summed E-state index contributed by atoms with van der Waals surface area (Å²) in [7, 11) is -4.61. The summed E-state index contributed by atoms with van der Waals surface area (Å²) in [6, 6.07) is 0. The molecule has 0 bridgehead atoms. The Labute approximate surface area is 145 Å². The SMILES string of the molecule is CCCCCCCCCCCCC(=O)OCC(O)COP(=O)(O)O. The molecule has 1 unspecified atom stereocenters. The molecule has 0 heterocycles. The van der Waals surface area contributed by atoms with Crippen LogP contribution >= 0.6 is 7.82 Å². The summed E-state index contributed by atoms with van der Waals surface area (Å²) in [5.74, 6) is -0.412. The number of rotatable bonds is 16. The fourth-order valence-corrected chi connectivity index (χ4v) is 2.62. The number of aliphatic hydroxyl groups is 1. The number of ether oxygens (including phenoxy) is 1. The van der Waals surface area contributed by atoms with Crippen molar-refractivity contribution in [3.8, 4) is 0 Å². The van der Waals surface area contributed by atoms with E-state index in [-0.39, 0.29) is 6.61 Å². The summed E-state index contributed by atoms with van der Waals surface area (Å²) in [4.78, 5) is 28.4. The van der Waals surface area contributed by atoms with Gasteiger partial charge >= 0.3 is 13.8 Å². The lowest BCUT2D eigenvalue weighted by Gasteiger charge is -2.12. The first kappa shape index (κ1) is 23.5. The fraction of sp³-hybridized carbons (Fsp3) is 0.938. The first-order chi connectivity index (χ1) is 11.3. The van der Waals surface area contributed by atoms with E-state index in [0.717, 1.165) is 19.3 Å². The van der Waals surface area contributed by atoms with E-state index in [0.29, 0.717) is 6.42 Å². The predicted octanol–water partition coefficient (Wildman–Crippen LogP) is 3.31.